The lowest BCUT2D eigenvalue weighted by atomic mass is 10.2. The molecule has 23 heavy (non-hydrogen) atoms. The zero-order valence-electron chi connectivity index (χ0n) is 12.5. The largest absolute Gasteiger partial charge is 0.325 e. The van der Waals surface area contributed by atoms with Crippen molar-refractivity contribution in [2.75, 3.05) is 16.4 Å². The van der Waals surface area contributed by atoms with E-state index in [0.717, 1.165) is 4.90 Å². The quantitative estimate of drug-likeness (QED) is 0.827. The lowest BCUT2D eigenvalue weighted by molar-refractivity contribution is -0.114. The fraction of sp³-hybridized carbons (Fsp3) is 0.118. The third-order valence-corrected chi connectivity index (χ3v) is 3.95. The highest BCUT2D eigenvalue weighted by Crippen LogP contribution is 2.27. The van der Waals surface area contributed by atoms with Gasteiger partial charge in [-0.25, -0.2) is 0 Å². The molecule has 2 aromatic rings. The van der Waals surface area contributed by atoms with Crippen molar-refractivity contribution in [2.24, 2.45) is 0 Å². The predicted octanol–water partition coefficient (Wildman–Crippen LogP) is 3.25. The number of nitriles is 1. The molecule has 0 aliphatic carbocycles. The smallest absolute Gasteiger partial charge is 0.234 e. The van der Waals surface area contributed by atoms with Gasteiger partial charge in [0.1, 0.15) is 6.07 Å². The number of hydrogen-bond donors (Lipinski definition) is 2. The van der Waals surface area contributed by atoms with Crippen LogP contribution in [0.4, 0.5) is 11.4 Å². The predicted molar refractivity (Wildman–Crippen MR) is 91.3 cm³/mol. The normalized spacial score (nSPS) is 9.74. The standard InChI is InChI=1S/C17H15N3O2S/c1-12(21)19-15-8-4-5-9-16(15)23-11-17(22)20-14-7-3-2-6-13(14)10-18/h2-9H,11H2,1H3,(H,19,21)(H,20,22). The second-order valence-corrected chi connectivity index (χ2v) is 5.69. The van der Waals surface area contributed by atoms with Gasteiger partial charge in [-0.1, -0.05) is 24.3 Å². The number of anilines is 2. The van der Waals surface area contributed by atoms with E-state index >= 15 is 0 Å². The fourth-order valence-corrected chi connectivity index (χ4v) is 2.71. The lowest BCUT2D eigenvalue weighted by Gasteiger charge is -2.10. The zero-order valence-corrected chi connectivity index (χ0v) is 13.3. The van der Waals surface area contributed by atoms with E-state index in [9.17, 15) is 9.59 Å². The van der Waals surface area contributed by atoms with Gasteiger partial charge in [0.25, 0.3) is 0 Å². The van der Waals surface area contributed by atoms with Crippen molar-refractivity contribution in [3.63, 3.8) is 0 Å². The van der Waals surface area contributed by atoms with E-state index in [4.69, 9.17) is 5.26 Å². The van der Waals surface area contributed by atoms with Crippen molar-refractivity contribution in [3.8, 4) is 6.07 Å². The minimum atomic E-state index is -0.213. The molecule has 2 rings (SSSR count). The van der Waals surface area contributed by atoms with Gasteiger partial charge >= 0.3 is 0 Å². The summed E-state index contributed by atoms with van der Waals surface area (Å²) in [4.78, 5) is 24.1. The molecule has 0 spiro atoms. The monoisotopic (exact) mass is 325 g/mol. The van der Waals surface area contributed by atoms with E-state index < -0.39 is 0 Å². The van der Waals surface area contributed by atoms with Crippen molar-refractivity contribution in [1.82, 2.24) is 0 Å². The molecular formula is C17H15N3O2S. The second kappa shape index (κ2) is 8.01. The molecule has 6 heteroatoms. The molecule has 0 aromatic heterocycles. The minimum absolute atomic E-state index is 0.162. The van der Waals surface area contributed by atoms with Crippen LogP contribution in [0.15, 0.2) is 53.4 Å². The zero-order chi connectivity index (χ0) is 16.7. The van der Waals surface area contributed by atoms with Crippen molar-refractivity contribution in [3.05, 3.63) is 54.1 Å². The molecule has 0 bridgehead atoms. The molecule has 0 aliphatic heterocycles. The Morgan fingerprint density at radius 3 is 2.39 bits per heavy atom. The average molecular weight is 325 g/mol. The third-order valence-electron chi connectivity index (χ3n) is 2.88. The third kappa shape index (κ3) is 4.87. The number of nitrogens with zero attached hydrogens (tertiary/aromatic N) is 1. The number of thioether (sulfide) groups is 1. The van der Waals surface area contributed by atoms with Crippen LogP contribution in [0.1, 0.15) is 12.5 Å². The lowest BCUT2D eigenvalue weighted by Crippen LogP contribution is -2.15. The number of carbonyl (C=O) groups excluding carboxylic acids is 2. The van der Waals surface area contributed by atoms with Crippen LogP contribution >= 0.6 is 11.8 Å². The average Bonchev–Trinajstić information content (AvgIpc) is 2.54. The summed E-state index contributed by atoms with van der Waals surface area (Å²) in [5, 5.41) is 14.5. The Balaban J connectivity index is 2.00. The van der Waals surface area contributed by atoms with E-state index in [0.29, 0.717) is 16.9 Å². The summed E-state index contributed by atoms with van der Waals surface area (Å²) in [6.45, 7) is 1.44. The number of benzene rings is 2. The van der Waals surface area contributed by atoms with Gasteiger partial charge < -0.3 is 10.6 Å². The highest BCUT2D eigenvalue weighted by Gasteiger charge is 2.09. The summed E-state index contributed by atoms with van der Waals surface area (Å²) in [6, 6.07) is 16.2. The first-order valence-corrected chi connectivity index (χ1v) is 7.87. The molecule has 0 unspecified atom stereocenters. The molecule has 0 atom stereocenters. The van der Waals surface area contributed by atoms with Gasteiger partial charge in [0.2, 0.25) is 11.8 Å². The molecule has 0 radical (unpaired) electrons. The number of nitrogens with one attached hydrogen (secondary N) is 2. The van der Waals surface area contributed by atoms with E-state index in [1.54, 1.807) is 30.3 Å². The topological polar surface area (TPSA) is 82.0 Å². The summed E-state index contributed by atoms with van der Waals surface area (Å²) < 4.78 is 0. The minimum Gasteiger partial charge on any atom is -0.325 e. The fourth-order valence-electron chi connectivity index (χ4n) is 1.90. The molecule has 2 N–H and O–H groups in total. The Kier molecular flexibility index (Phi) is 5.78. The van der Waals surface area contributed by atoms with E-state index in [-0.39, 0.29) is 17.6 Å². The molecule has 116 valence electrons. The maximum absolute atomic E-state index is 12.1. The van der Waals surface area contributed by atoms with Gasteiger partial charge in [-0.2, -0.15) is 5.26 Å². The van der Waals surface area contributed by atoms with Crippen LogP contribution in [0, 0.1) is 11.3 Å². The summed E-state index contributed by atoms with van der Waals surface area (Å²) >= 11 is 1.32. The van der Waals surface area contributed by atoms with Gasteiger partial charge in [-0.15, -0.1) is 11.8 Å². The molecule has 0 aliphatic rings. The summed E-state index contributed by atoms with van der Waals surface area (Å²) in [5.74, 6) is -0.197. The van der Waals surface area contributed by atoms with Crippen LogP contribution in [-0.4, -0.2) is 17.6 Å². The number of carbonyl (C=O) groups is 2. The van der Waals surface area contributed by atoms with Crippen LogP contribution in [-0.2, 0) is 9.59 Å². The Morgan fingerprint density at radius 1 is 1.04 bits per heavy atom. The number of amides is 2. The first-order valence-electron chi connectivity index (χ1n) is 6.88. The molecular weight excluding hydrogens is 310 g/mol. The molecule has 0 saturated carbocycles. The molecule has 2 aromatic carbocycles. The van der Waals surface area contributed by atoms with Crippen molar-refractivity contribution in [1.29, 1.82) is 5.26 Å². The Hall–Kier alpha value is -2.78. The first-order chi connectivity index (χ1) is 11.1. The first kappa shape index (κ1) is 16.6. The molecule has 0 fully saturated rings. The number of rotatable bonds is 5. The van der Waals surface area contributed by atoms with Crippen molar-refractivity contribution >= 4 is 35.0 Å². The van der Waals surface area contributed by atoms with E-state index in [1.165, 1.54) is 18.7 Å². The van der Waals surface area contributed by atoms with Gasteiger partial charge in [0.05, 0.1) is 22.7 Å². The Morgan fingerprint density at radius 2 is 1.70 bits per heavy atom. The van der Waals surface area contributed by atoms with Gasteiger partial charge in [-0.3, -0.25) is 9.59 Å². The highest BCUT2D eigenvalue weighted by atomic mass is 32.2. The summed E-state index contributed by atoms with van der Waals surface area (Å²) in [7, 11) is 0. The van der Waals surface area contributed by atoms with E-state index in [2.05, 4.69) is 10.6 Å². The van der Waals surface area contributed by atoms with Gasteiger partial charge in [-0.05, 0) is 24.3 Å². The summed E-state index contributed by atoms with van der Waals surface area (Å²) in [6.07, 6.45) is 0. The molecule has 2 amide bonds. The molecule has 0 saturated heterocycles. The van der Waals surface area contributed by atoms with Crippen molar-refractivity contribution in [2.45, 2.75) is 11.8 Å². The molecule has 0 heterocycles. The van der Waals surface area contributed by atoms with Gasteiger partial charge in [0.15, 0.2) is 0 Å². The highest BCUT2D eigenvalue weighted by molar-refractivity contribution is 8.00. The Labute approximate surface area is 138 Å². The summed E-state index contributed by atoms with van der Waals surface area (Å²) in [5.41, 5.74) is 1.59. The number of para-hydroxylation sites is 2. The second-order valence-electron chi connectivity index (χ2n) is 4.67. The van der Waals surface area contributed by atoms with Crippen molar-refractivity contribution < 1.29 is 9.59 Å². The van der Waals surface area contributed by atoms with E-state index in [1.807, 2.05) is 24.3 Å². The maximum atomic E-state index is 12.1. The van der Waals surface area contributed by atoms with Gasteiger partial charge in [0, 0.05) is 11.8 Å². The van der Waals surface area contributed by atoms with Crippen LogP contribution < -0.4 is 10.6 Å². The van der Waals surface area contributed by atoms with Crippen LogP contribution in [0.25, 0.3) is 0 Å². The molecule has 5 nitrogen and oxygen atoms in total. The number of hydrogen-bond acceptors (Lipinski definition) is 4. The van der Waals surface area contributed by atoms with Crippen LogP contribution in [0.5, 0.6) is 0 Å². The van der Waals surface area contributed by atoms with Crippen LogP contribution in [0.3, 0.4) is 0 Å². The SMILES string of the molecule is CC(=O)Nc1ccccc1SCC(=O)Nc1ccccc1C#N. The maximum Gasteiger partial charge on any atom is 0.234 e. The van der Waals surface area contributed by atoms with Crippen LogP contribution in [0.2, 0.25) is 0 Å². The Bertz CT molecular complexity index is 768.